The maximum absolute atomic E-state index is 13.7. The fourth-order valence-corrected chi connectivity index (χ4v) is 4.96. The molecular formula is C31H36N4O8. The molecule has 12 heteroatoms. The summed E-state index contributed by atoms with van der Waals surface area (Å²) in [6.45, 7) is 7.02. The summed E-state index contributed by atoms with van der Waals surface area (Å²) in [4.78, 5) is 70.0. The lowest BCUT2D eigenvalue weighted by Gasteiger charge is -2.31. The zero-order chi connectivity index (χ0) is 31.3. The lowest BCUT2D eigenvalue weighted by molar-refractivity contribution is -0.140. The number of aliphatic carboxylic acids is 1. The number of carboxylic acids is 1. The van der Waals surface area contributed by atoms with E-state index < -0.39 is 54.2 Å². The van der Waals surface area contributed by atoms with Crippen LogP contribution in [0.2, 0.25) is 0 Å². The van der Waals surface area contributed by atoms with E-state index in [2.05, 4.69) is 15.6 Å². The predicted octanol–water partition coefficient (Wildman–Crippen LogP) is 3.06. The van der Waals surface area contributed by atoms with Crippen molar-refractivity contribution in [1.29, 1.82) is 0 Å². The van der Waals surface area contributed by atoms with E-state index in [0.717, 1.165) is 0 Å². The molecule has 3 atom stereocenters. The first-order valence-corrected chi connectivity index (χ1v) is 14.2. The Balaban J connectivity index is 1.44. The average molecular weight is 593 g/mol. The first-order chi connectivity index (χ1) is 20.5. The van der Waals surface area contributed by atoms with Gasteiger partial charge in [0.2, 0.25) is 17.6 Å². The van der Waals surface area contributed by atoms with Crippen molar-refractivity contribution in [3.63, 3.8) is 0 Å². The third-order valence-corrected chi connectivity index (χ3v) is 7.29. The monoisotopic (exact) mass is 592 g/mol. The van der Waals surface area contributed by atoms with Gasteiger partial charge in [-0.3, -0.25) is 19.2 Å². The second-order valence-corrected chi connectivity index (χ2v) is 11.2. The van der Waals surface area contributed by atoms with Gasteiger partial charge < -0.3 is 29.8 Å². The highest BCUT2D eigenvalue weighted by atomic mass is 16.5. The molecule has 3 N–H and O–H groups in total. The molecule has 228 valence electrons. The van der Waals surface area contributed by atoms with Crippen molar-refractivity contribution in [3.05, 3.63) is 60.0 Å². The lowest BCUT2D eigenvalue weighted by atomic mass is 9.98. The summed E-state index contributed by atoms with van der Waals surface area (Å²) in [7, 11) is 0. The number of para-hydroxylation sites is 2. The summed E-state index contributed by atoms with van der Waals surface area (Å²) in [5, 5.41) is 14.4. The van der Waals surface area contributed by atoms with Crippen LogP contribution < -0.4 is 15.4 Å². The van der Waals surface area contributed by atoms with Crippen LogP contribution in [-0.2, 0) is 14.4 Å². The van der Waals surface area contributed by atoms with Crippen molar-refractivity contribution in [3.8, 4) is 5.75 Å². The van der Waals surface area contributed by atoms with Crippen LogP contribution in [0.25, 0.3) is 11.1 Å². The highest BCUT2D eigenvalue weighted by molar-refractivity contribution is 6.02. The summed E-state index contributed by atoms with van der Waals surface area (Å²) in [6, 6.07) is 10.3. The smallest absolute Gasteiger partial charge is 0.341 e. The van der Waals surface area contributed by atoms with Crippen molar-refractivity contribution >= 4 is 40.6 Å². The van der Waals surface area contributed by atoms with E-state index in [1.54, 1.807) is 52.0 Å². The van der Waals surface area contributed by atoms with E-state index in [1.165, 1.54) is 29.2 Å². The molecule has 0 saturated carbocycles. The molecule has 0 radical (unpaired) electrons. The molecular weight excluding hydrogens is 556 g/mol. The Bertz CT molecular complexity index is 1460. The van der Waals surface area contributed by atoms with Crippen LogP contribution in [0.3, 0.4) is 0 Å². The number of carbonyl (C=O) groups is 5. The van der Waals surface area contributed by atoms with Crippen LogP contribution in [0, 0.1) is 11.8 Å². The average Bonchev–Trinajstić information content (AvgIpc) is 3.64. The maximum atomic E-state index is 13.7. The van der Waals surface area contributed by atoms with Crippen molar-refractivity contribution in [1.82, 2.24) is 20.5 Å². The second kappa shape index (κ2) is 13.5. The largest absolute Gasteiger partial charge is 0.482 e. The molecule has 1 aliphatic rings. The molecule has 1 aliphatic heterocycles. The van der Waals surface area contributed by atoms with Crippen LogP contribution in [0.4, 0.5) is 0 Å². The normalized spacial score (nSPS) is 16.2. The summed E-state index contributed by atoms with van der Waals surface area (Å²) >= 11 is 0. The van der Waals surface area contributed by atoms with Gasteiger partial charge in [-0.2, -0.15) is 0 Å². The number of rotatable bonds is 12. The number of oxazole rings is 1. The van der Waals surface area contributed by atoms with Crippen LogP contribution >= 0.6 is 0 Å². The topological polar surface area (TPSA) is 168 Å². The zero-order valence-corrected chi connectivity index (χ0v) is 24.5. The molecule has 3 amide bonds. The Morgan fingerprint density at radius 3 is 2.28 bits per heavy atom. The molecule has 43 heavy (non-hydrogen) atoms. The van der Waals surface area contributed by atoms with Crippen molar-refractivity contribution in [2.75, 3.05) is 13.2 Å². The number of ether oxygens (including phenoxy) is 1. The number of likely N-dealkylation sites (tertiary alicyclic amines) is 1. The summed E-state index contributed by atoms with van der Waals surface area (Å²) < 4.78 is 10.7. The van der Waals surface area contributed by atoms with E-state index in [1.807, 2.05) is 0 Å². The van der Waals surface area contributed by atoms with Crippen LogP contribution in [-0.4, -0.2) is 75.7 Å². The Kier molecular flexibility index (Phi) is 9.79. The van der Waals surface area contributed by atoms with Crippen molar-refractivity contribution < 1.29 is 38.2 Å². The SMILES string of the molecule is CC(C)[C@H](NC(=O)[C@@H]1CCCN1C(=O)[C@@H](NC(=O)c1ccc(OCC(=O)O)cc1)C(C)C)C(=O)c1nc2ccccc2o1. The number of nitrogens with one attached hydrogen (secondary N) is 2. The number of amides is 3. The lowest BCUT2D eigenvalue weighted by Crippen LogP contribution is -2.57. The molecule has 12 nitrogen and oxygen atoms in total. The van der Waals surface area contributed by atoms with E-state index in [-0.39, 0.29) is 29.0 Å². The van der Waals surface area contributed by atoms with Gasteiger partial charge in [0.1, 0.15) is 23.3 Å². The van der Waals surface area contributed by atoms with E-state index >= 15 is 0 Å². The molecule has 2 heterocycles. The molecule has 4 rings (SSSR count). The number of carboxylic acid groups (broad SMARTS) is 1. The van der Waals surface area contributed by atoms with Gasteiger partial charge in [-0.25, -0.2) is 9.78 Å². The Labute approximate surface area is 248 Å². The molecule has 0 aliphatic carbocycles. The van der Waals surface area contributed by atoms with Gasteiger partial charge in [-0.15, -0.1) is 0 Å². The van der Waals surface area contributed by atoms with Gasteiger partial charge in [-0.1, -0.05) is 39.8 Å². The third kappa shape index (κ3) is 7.37. The number of aromatic nitrogens is 1. The van der Waals surface area contributed by atoms with Crippen LogP contribution in [0.1, 0.15) is 61.6 Å². The van der Waals surface area contributed by atoms with Crippen molar-refractivity contribution in [2.24, 2.45) is 11.8 Å². The fourth-order valence-electron chi connectivity index (χ4n) is 4.96. The van der Waals surface area contributed by atoms with E-state index in [0.29, 0.717) is 30.5 Å². The second-order valence-electron chi connectivity index (χ2n) is 11.2. The number of Topliss-reactive ketones (excluding diaryl/α,β-unsaturated/α-hetero) is 1. The van der Waals surface area contributed by atoms with E-state index in [9.17, 15) is 24.0 Å². The zero-order valence-electron chi connectivity index (χ0n) is 24.5. The number of hydrogen-bond acceptors (Lipinski definition) is 8. The maximum Gasteiger partial charge on any atom is 0.341 e. The molecule has 2 aromatic carbocycles. The van der Waals surface area contributed by atoms with Gasteiger partial charge in [-0.05, 0) is 61.1 Å². The Hall–Kier alpha value is -4.74. The number of fused-ring (bicyclic) bond motifs is 1. The quantitative estimate of drug-likeness (QED) is 0.268. The minimum Gasteiger partial charge on any atom is -0.482 e. The summed E-state index contributed by atoms with van der Waals surface area (Å²) in [6.07, 6.45) is 1.00. The molecule has 3 aromatic rings. The molecule has 1 aromatic heterocycles. The number of benzene rings is 2. The molecule has 1 saturated heterocycles. The summed E-state index contributed by atoms with van der Waals surface area (Å²) in [5.41, 5.74) is 1.27. The number of carbonyl (C=O) groups excluding carboxylic acids is 4. The highest BCUT2D eigenvalue weighted by Gasteiger charge is 2.40. The van der Waals surface area contributed by atoms with Crippen molar-refractivity contribution in [2.45, 2.75) is 58.7 Å². The van der Waals surface area contributed by atoms with Gasteiger partial charge >= 0.3 is 5.97 Å². The first-order valence-electron chi connectivity index (χ1n) is 14.2. The van der Waals surface area contributed by atoms with Gasteiger partial charge in [0.25, 0.3) is 11.8 Å². The summed E-state index contributed by atoms with van der Waals surface area (Å²) in [5.74, 6) is -3.30. The van der Waals surface area contributed by atoms with Crippen LogP contribution in [0.15, 0.2) is 52.9 Å². The van der Waals surface area contributed by atoms with Gasteiger partial charge in [0.05, 0.1) is 6.04 Å². The highest BCUT2D eigenvalue weighted by Crippen LogP contribution is 2.23. The Morgan fingerprint density at radius 1 is 0.977 bits per heavy atom. The van der Waals surface area contributed by atoms with Crippen LogP contribution in [0.5, 0.6) is 5.75 Å². The minimum atomic E-state index is -1.12. The third-order valence-electron chi connectivity index (χ3n) is 7.29. The fraction of sp³-hybridized carbons (Fsp3) is 0.419. The number of nitrogens with zero attached hydrogens (tertiary/aromatic N) is 2. The number of hydrogen-bond donors (Lipinski definition) is 3. The predicted molar refractivity (Wildman–Crippen MR) is 156 cm³/mol. The standard InChI is InChI=1S/C31H36N4O8/c1-17(2)25(27(38)30-32-21-8-5-6-10-23(21)43-30)33-29(40)22-9-7-15-35(22)31(41)26(18(3)4)34-28(39)19-11-13-20(14-12-19)42-16-24(36)37/h5-6,8,10-14,17-18,22,25-26H,7,9,15-16H2,1-4H3,(H,33,40)(H,34,39)(H,36,37)/t22-,25-,26-/m0/s1. The van der Waals surface area contributed by atoms with Gasteiger partial charge in [0, 0.05) is 12.1 Å². The molecule has 0 spiro atoms. The Morgan fingerprint density at radius 2 is 1.65 bits per heavy atom. The first kappa shape index (κ1) is 31.2. The van der Waals surface area contributed by atoms with E-state index in [4.69, 9.17) is 14.3 Å². The molecule has 0 unspecified atom stereocenters. The number of ketones is 1. The van der Waals surface area contributed by atoms with Gasteiger partial charge in [0.15, 0.2) is 12.2 Å². The molecule has 0 bridgehead atoms. The minimum absolute atomic E-state index is 0.0939. The molecule has 1 fully saturated rings.